The third kappa shape index (κ3) is 3.53. The lowest BCUT2D eigenvalue weighted by atomic mass is 9.89. The molecule has 3 aromatic rings. The second-order valence-electron chi connectivity index (χ2n) is 5.87. The normalized spacial score (nSPS) is 13.5. The van der Waals surface area contributed by atoms with Crippen molar-refractivity contribution < 1.29 is 14.1 Å². The van der Waals surface area contributed by atoms with Crippen LogP contribution in [0, 0.1) is 10.1 Å². The number of amides is 1. The number of hydrogen-bond donors (Lipinski definition) is 0. The van der Waals surface area contributed by atoms with Crippen molar-refractivity contribution in [2.45, 2.75) is 11.8 Å². The fourth-order valence-electron chi connectivity index (χ4n) is 2.77. The third-order valence-electron chi connectivity index (χ3n) is 3.94. The zero-order valence-electron chi connectivity index (χ0n) is 13.8. The van der Waals surface area contributed by atoms with Gasteiger partial charge in [-0.15, -0.1) is 11.3 Å². The van der Waals surface area contributed by atoms with Crippen molar-refractivity contribution in [1.82, 2.24) is 9.88 Å². The first-order valence-corrected chi connectivity index (χ1v) is 8.51. The van der Waals surface area contributed by atoms with Crippen LogP contribution < -0.4 is 0 Å². The summed E-state index contributed by atoms with van der Waals surface area (Å²) >= 11 is 1.38. The van der Waals surface area contributed by atoms with E-state index in [1.165, 1.54) is 22.5 Å². The molecule has 0 unspecified atom stereocenters. The predicted molar refractivity (Wildman–Crippen MR) is 94.4 cm³/mol. The molecule has 0 spiro atoms. The van der Waals surface area contributed by atoms with Crippen LogP contribution in [0.3, 0.4) is 0 Å². The Bertz CT molecular complexity index is 855. The Morgan fingerprint density at radius 1 is 1.32 bits per heavy atom. The van der Waals surface area contributed by atoms with Crippen LogP contribution in [-0.4, -0.2) is 41.4 Å². The average Bonchev–Trinajstić information content (AvgIpc) is 3.23. The van der Waals surface area contributed by atoms with E-state index in [0.717, 1.165) is 10.2 Å². The summed E-state index contributed by atoms with van der Waals surface area (Å²) < 4.78 is 6.34. The van der Waals surface area contributed by atoms with Gasteiger partial charge in [0, 0.05) is 19.0 Å². The second-order valence-corrected chi connectivity index (χ2v) is 6.93. The number of carbonyl (C=O) groups excluding carboxylic acids is 1. The molecular weight excluding hydrogens is 342 g/mol. The number of thiazole rings is 1. The smallest absolute Gasteiger partial charge is 0.233 e. The van der Waals surface area contributed by atoms with Gasteiger partial charge in [0.15, 0.2) is 0 Å². The fraction of sp³-hybridized carbons (Fsp3) is 0.294. The molecule has 7 nitrogen and oxygen atoms in total. The molecule has 2 atom stereocenters. The number of hydrogen-bond acceptors (Lipinski definition) is 6. The molecule has 0 fully saturated rings. The van der Waals surface area contributed by atoms with Crippen LogP contribution in [0.4, 0.5) is 0 Å². The van der Waals surface area contributed by atoms with E-state index in [4.69, 9.17) is 4.42 Å². The zero-order valence-corrected chi connectivity index (χ0v) is 14.6. The molecule has 2 heterocycles. The number of furan rings is 1. The largest absolute Gasteiger partial charge is 0.469 e. The van der Waals surface area contributed by atoms with Gasteiger partial charge in [0.25, 0.3) is 0 Å². The highest BCUT2D eigenvalue weighted by molar-refractivity contribution is 7.18. The minimum atomic E-state index is -0.774. The molecule has 8 heteroatoms. The molecule has 0 aliphatic carbocycles. The molecule has 1 amide bonds. The molecule has 0 aliphatic rings. The molecular formula is C17H17N3O4S. The molecule has 0 radical (unpaired) electrons. The zero-order chi connectivity index (χ0) is 18.0. The van der Waals surface area contributed by atoms with Gasteiger partial charge in [0.1, 0.15) is 16.7 Å². The van der Waals surface area contributed by atoms with Crippen LogP contribution in [-0.2, 0) is 4.79 Å². The van der Waals surface area contributed by atoms with Gasteiger partial charge in [0.05, 0.1) is 22.4 Å². The van der Waals surface area contributed by atoms with E-state index < -0.39 is 23.3 Å². The molecule has 2 aromatic heterocycles. The predicted octanol–water partition coefficient (Wildman–Crippen LogP) is 3.12. The van der Waals surface area contributed by atoms with Gasteiger partial charge in [-0.1, -0.05) is 12.1 Å². The Balaban J connectivity index is 2.12. The van der Waals surface area contributed by atoms with Crippen molar-refractivity contribution in [2.75, 3.05) is 20.6 Å². The summed E-state index contributed by atoms with van der Waals surface area (Å²) in [6.07, 6.45) is 1.46. The minimum absolute atomic E-state index is 0.234. The molecule has 0 bridgehead atoms. The highest BCUT2D eigenvalue weighted by Gasteiger charge is 2.39. The maximum atomic E-state index is 12.9. The lowest BCUT2D eigenvalue weighted by Gasteiger charge is -2.23. The molecule has 3 rings (SSSR count). The number of benzene rings is 1. The minimum Gasteiger partial charge on any atom is -0.469 e. The summed E-state index contributed by atoms with van der Waals surface area (Å²) in [4.78, 5) is 29.7. The summed E-state index contributed by atoms with van der Waals surface area (Å²) in [6.45, 7) is -0.409. The topological polar surface area (TPSA) is 89.5 Å². The Morgan fingerprint density at radius 2 is 2.08 bits per heavy atom. The Morgan fingerprint density at radius 3 is 2.68 bits per heavy atom. The number of para-hydroxylation sites is 1. The standard InChI is InChI=1S/C17H17N3O4S/c1-19(2)17(21)15(11(10-20(22)23)13-7-5-9-24-13)16-18-12-6-3-4-8-14(12)25-16/h3-9,11,15H,10H2,1-2H3/t11-,15+/m0/s1. The number of carbonyl (C=O) groups is 1. The van der Waals surface area contributed by atoms with Crippen molar-refractivity contribution in [3.8, 4) is 0 Å². The maximum absolute atomic E-state index is 12.9. The molecule has 0 aliphatic heterocycles. The number of rotatable bonds is 6. The van der Waals surface area contributed by atoms with E-state index in [2.05, 4.69) is 4.98 Å². The molecule has 0 saturated heterocycles. The summed E-state index contributed by atoms with van der Waals surface area (Å²) in [5, 5.41) is 11.8. The van der Waals surface area contributed by atoms with Crippen molar-refractivity contribution in [1.29, 1.82) is 0 Å². The number of aromatic nitrogens is 1. The number of nitrogens with zero attached hydrogens (tertiary/aromatic N) is 3. The Kier molecular flexibility index (Phi) is 4.80. The third-order valence-corrected chi connectivity index (χ3v) is 5.06. The van der Waals surface area contributed by atoms with Crippen molar-refractivity contribution in [2.24, 2.45) is 0 Å². The van der Waals surface area contributed by atoms with E-state index in [0.29, 0.717) is 10.8 Å². The quantitative estimate of drug-likeness (QED) is 0.498. The van der Waals surface area contributed by atoms with Crippen molar-refractivity contribution >= 4 is 27.5 Å². The van der Waals surface area contributed by atoms with Gasteiger partial charge in [-0.25, -0.2) is 4.98 Å². The summed E-state index contributed by atoms with van der Waals surface area (Å²) in [6, 6.07) is 10.9. The van der Waals surface area contributed by atoms with Gasteiger partial charge < -0.3 is 9.32 Å². The monoisotopic (exact) mass is 359 g/mol. The molecule has 0 saturated carbocycles. The number of fused-ring (bicyclic) bond motifs is 1. The van der Waals surface area contributed by atoms with Gasteiger partial charge in [-0.3, -0.25) is 14.9 Å². The maximum Gasteiger partial charge on any atom is 0.233 e. The van der Waals surface area contributed by atoms with E-state index in [-0.39, 0.29) is 5.91 Å². The first kappa shape index (κ1) is 17.1. The van der Waals surface area contributed by atoms with Gasteiger partial charge in [-0.05, 0) is 24.3 Å². The van der Waals surface area contributed by atoms with E-state index in [9.17, 15) is 14.9 Å². The molecule has 25 heavy (non-hydrogen) atoms. The van der Waals surface area contributed by atoms with E-state index in [1.807, 2.05) is 24.3 Å². The van der Waals surface area contributed by atoms with Crippen molar-refractivity contribution in [3.05, 3.63) is 63.5 Å². The van der Waals surface area contributed by atoms with Gasteiger partial charge in [-0.2, -0.15) is 0 Å². The fourth-order valence-corrected chi connectivity index (χ4v) is 3.90. The van der Waals surface area contributed by atoms with E-state index in [1.54, 1.807) is 26.2 Å². The highest BCUT2D eigenvalue weighted by atomic mass is 32.1. The van der Waals surface area contributed by atoms with Crippen LogP contribution in [0.1, 0.15) is 22.6 Å². The van der Waals surface area contributed by atoms with Crippen molar-refractivity contribution in [3.63, 3.8) is 0 Å². The number of nitro groups is 1. The van der Waals surface area contributed by atoms with Crippen LogP contribution in [0.25, 0.3) is 10.2 Å². The van der Waals surface area contributed by atoms with Crippen LogP contribution in [0.5, 0.6) is 0 Å². The number of likely N-dealkylation sites (N-methyl/N-ethyl adjacent to an activating group) is 1. The van der Waals surface area contributed by atoms with Crippen LogP contribution in [0.15, 0.2) is 47.1 Å². The van der Waals surface area contributed by atoms with E-state index >= 15 is 0 Å². The van der Waals surface area contributed by atoms with Crippen LogP contribution >= 0.6 is 11.3 Å². The lowest BCUT2D eigenvalue weighted by molar-refractivity contribution is -0.484. The highest BCUT2D eigenvalue weighted by Crippen LogP contribution is 2.38. The second kappa shape index (κ2) is 7.02. The summed E-state index contributed by atoms with van der Waals surface area (Å²) in [7, 11) is 3.27. The first-order valence-electron chi connectivity index (χ1n) is 7.69. The summed E-state index contributed by atoms with van der Waals surface area (Å²) in [5.74, 6) is -1.32. The van der Waals surface area contributed by atoms with Crippen LogP contribution in [0.2, 0.25) is 0 Å². The van der Waals surface area contributed by atoms with Gasteiger partial charge >= 0.3 is 0 Å². The lowest BCUT2D eigenvalue weighted by Crippen LogP contribution is -2.34. The summed E-state index contributed by atoms with van der Waals surface area (Å²) in [5.41, 5.74) is 0.776. The Hall–Kier alpha value is -2.74. The Labute approximate surface area is 148 Å². The average molecular weight is 359 g/mol. The SMILES string of the molecule is CN(C)C(=O)[C@@H](c1nc2ccccc2s1)[C@@H](C[N+](=O)[O-])c1ccco1. The molecule has 130 valence electrons. The first-order chi connectivity index (χ1) is 12.0. The molecule has 0 N–H and O–H groups in total. The van der Waals surface area contributed by atoms with Gasteiger partial charge in [0.2, 0.25) is 12.5 Å². The molecule has 1 aromatic carbocycles.